The summed E-state index contributed by atoms with van der Waals surface area (Å²) in [5, 5.41) is 3.05. The number of hydrogen-bond acceptors (Lipinski definition) is 4. The lowest BCUT2D eigenvalue weighted by molar-refractivity contribution is -0.122. The summed E-state index contributed by atoms with van der Waals surface area (Å²) in [5.74, 6) is 0.194. The molecule has 0 aromatic heterocycles. The lowest BCUT2D eigenvalue weighted by Gasteiger charge is -2.38. The molecular weight excluding hydrogens is 240 g/mol. The smallest absolute Gasteiger partial charge is 0.234 e. The number of carbonyl (C=O) groups excluding carboxylic acids is 1. The molecule has 1 atom stereocenters. The van der Waals surface area contributed by atoms with E-state index in [1.807, 2.05) is 0 Å². The molecule has 0 spiro atoms. The predicted octanol–water partition coefficient (Wildman–Crippen LogP) is 0.0100. The first-order valence-corrected chi connectivity index (χ1v) is 7.68. The Morgan fingerprint density at radius 3 is 2.53 bits per heavy atom. The quantitative estimate of drug-likeness (QED) is 0.683. The summed E-state index contributed by atoms with van der Waals surface area (Å²) >= 11 is 0. The van der Waals surface area contributed by atoms with E-state index in [1.165, 1.54) is 12.8 Å². The van der Waals surface area contributed by atoms with Gasteiger partial charge in [-0.05, 0) is 19.3 Å². The van der Waals surface area contributed by atoms with Gasteiger partial charge in [-0.3, -0.25) is 14.6 Å². The number of nitrogens with two attached hydrogens (primary N) is 1. The Balaban J connectivity index is 1.67. The Kier molecular flexibility index (Phi) is 5.60. The zero-order valence-electron chi connectivity index (χ0n) is 12.1. The van der Waals surface area contributed by atoms with Crippen LogP contribution in [0.2, 0.25) is 0 Å². The van der Waals surface area contributed by atoms with Crippen LogP contribution in [0, 0.1) is 0 Å². The van der Waals surface area contributed by atoms with Crippen LogP contribution in [0.1, 0.15) is 32.6 Å². The summed E-state index contributed by atoms with van der Waals surface area (Å²) in [6.45, 7) is 7.57. The first kappa shape index (κ1) is 14.8. The molecule has 110 valence electrons. The van der Waals surface area contributed by atoms with Crippen LogP contribution >= 0.6 is 0 Å². The molecule has 2 rings (SSSR count). The van der Waals surface area contributed by atoms with Crippen molar-refractivity contribution in [3.8, 4) is 0 Å². The standard InChI is InChI=1S/C14H28N4O/c1-2-3-13(10-15)18-8-6-17(7-9-18)11-14(19)16-12-4-5-12/h12-13H,2-11,15H2,1H3,(H,16,19). The van der Waals surface area contributed by atoms with Crippen LogP contribution in [-0.4, -0.2) is 67.1 Å². The van der Waals surface area contributed by atoms with E-state index in [4.69, 9.17) is 5.73 Å². The van der Waals surface area contributed by atoms with Gasteiger partial charge in [-0.2, -0.15) is 0 Å². The molecule has 0 radical (unpaired) electrons. The molecule has 5 nitrogen and oxygen atoms in total. The van der Waals surface area contributed by atoms with Crippen molar-refractivity contribution in [1.29, 1.82) is 0 Å². The molecule has 1 amide bonds. The first-order chi connectivity index (χ1) is 9.22. The normalized spacial score (nSPS) is 23.3. The van der Waals surface area contributed by atoms with E-state index in [-0.39, 0.29) is 5.91 Å². The number of hydrogen-bond donors (Lipinski definition) is 2. The van der Waals surface area contributed by atoms with Gasteiger partial charge < -0.3 is 11.1 Å². The van der Waals surface area contributed by atoms with Gasteiger partial charge in [-0.25, -0.2) is 0 Å². The molecule has 5 heteroatoms. The minimum Gasteiger partial charge on any atom is -0.352 e. The number of rotatable bonds is 7. The Morgan fingerprint density at radius 1 is 1.32 bits per heavy atom. The fraction of sp³-hybridized carbons (Fsp3) is 0.929. The summed E-state index contributed by atoms with van der Waals surface area (Å²) in [5.41, 5.74) is 5.85. The minimum absolute atomic E-state index is 0.194. The van der Waals surface area contributed by atoms with E-state index >= 15 is 0 Å². The number of piperazine rings is 1. The van der Waals surface area contributed by atoms with Crippen molar-refractivity contribution in [1.82, 2.24) is 15.1 Å². The molecule has 1 aliphatic carbocycles. The maximum Gasteiger partial charge on any atom is 0.234 e. The van der Waals surface area contributed by atoms with Gasteiger partial charge in [0.15, 0.2) is 0 Å². The molecule has 19 heavy (non-hydrogen) atoms. The highest BCUT2D eigenvalue weighted by Crippen LogP contribution is 2.18. The number of nitrogens with zero attached hydrogens (tertiary/aromatic N) is 2. The van der Waals surface area contributed by atoms with E-state index in [1.54, 1.807) is 0 Å². The van der Waals surface area contributed by atoms with Crippen LogP contribution in [0.5, 0.6) is 0 Å². The van der Waals surface area contributed by atoms with Crippen LogP contribution in [0.3, 0.4) is 0 Å². The second kappa shape index (κ2) is 7.22. The third kappa shape index (κ3) is 4.75. The van der Waals surface area contributed by atoms with Crippen molar-refractivity contribution in [3.63, 3.8) is 0 Å². The van der Waals surface area contributed by atoms with Crippen molar-refractivity contribution in [2.45, 2.75) is 44.7 Å². The van der Waals surface area contributed by atoms with Crippen LogP contribution < -0.4 is 11.1 Å². The van der Waals surface area contributed by atoms with Gasteiger partial charge in [-0.1, -0.05) is 13.3 Å². The molecule has 0 bridgehead atoms. The molecule has 0 aromatic carbocycles. The number of nitrogens with one attached hydrogen (secondary N) is 1. The second-order valence-electron chi connectivity index (χ2n) is 5.83. The second-order valence-corrected chi connectivity index (χ2v) is 5.83. The van der Waals surface area contributed by atoms with E-state index in [0.717, 1.165) is 45.6 Å². The molecule has 1 saturated carbocycles. The zero-order chi connectivity index (χ0) is 13.7. The van der Waals surface area contributed by atoms with E-state index in [0.29, 0.717) is 18.6 Å². The van der Waals surface area contributed by atoms with Crippen molar-refractivity contribution < 1.29 is 4.79 Å². The lowest BCUT2D eigenvalue weighted by atomic mass is 10.1. The predicted molar refractivity (Wildman–Crippen MR) is 76.9 cm³/mol. The van der Waals surface area contributed by atoms with Crippen LogP contribution in [0.4, 0.5) is 0 Å². The van der Waals surface area contributed by atoms with Crippen molar-refractivity contribution in [3.05, 3.63) is 0 Å². The van der Waals surface area contributed by atoms with Crippen molar-refractivity contribution in [2.24, 2.45) is 5.73 Å². The maximum absolute atomic E-state index is 11.7. The van der Waals surface area contributed by atoms with E-state index < -0.39 is 0 Å². The highest BCUT2D eigenvalue weighted by molar-refractivity contribution is 5.78. The fourth-order valence-corrected chi connectivity index (χ4v) is 2.77. The molecule has 0 aromatic rings. The molecule has 1 unspecified atom stereocenters. The van der Waals surface area contributed by atoms with Gasteiger partial charge in [0, 0.05) is 44.8 Å². The van der Waals surface area contributed by atoms with Gasteiger partial charge >= 0.3 is 0 Å². The largest absolute Gasteiger partial charge is 0.352 e. The third-order valence-electron chi connectivity index (χ3n) is 4.13. The minimum atomic E-state index is 0.194. The van der Waals surface area contributed by atoms with Crippen LogP contribution in [0.15, 0.2) is 0 Å². The highest BCUT2D eigenvalue weighted by Gasteiger charge is 2.26. The molecule has 1 heterocycles. The maximum atomic E-state index is 11.7. The topological polar surface area (TPSA) is 61.6 Å². The number of amides is 1. The van der Waals surface area contributed by atoms with Crippen molar-refractivity contribution in [2.75, 3.05) is 39.3 Å². The molecule has 2 aliphatic rings. The van der Waals surface area contributed by atoms with Gasteiger partial charge in [0.1, 0.15) is 0 Å². The number of carbonyl (C=O) groups is 1. The summed E-state index contributed by atoms with van der Waals surface area (Å²) in [6.07, 6.45) is 4.69. The van der Waals surface area contributed by atoms with Crippen LogP contribution in [0.25, 0.3) is 0 Å². The van der Waals surface area contributed by atoms with Crippen molar-refractivity contribution >= 4 is 5.91 Å². The molecular formula is C14H28N4O. The Hall–Kier alpha value is -0.650. The molecule has 1 aliphatic heterocycles. The molecule has 2 fully saturated rings. The molecule has 3 N–H and O–H groups in total. The Bertz CT molecular complexity index is 285. The van der Waals surface area contributed by atoms with Gasteiger partial charge in [-0.15, -0.1) is 0 Å². The third-order valence-corrected chi connectivity index (χ3v) is 4.13. The van der Waals surface area contributed by atoms with E-state index in [2.05, 4.69) is 22.0 Å². The van der Waals surface area contributed by atoms with Gasteiger partial charge in [0.2, 0.25) is 5.91 Å². The summed E-state index contributed by atoms with van der Waals surface area (Å²) < 4.78 is 0. The first-order valence-electron chi connectivity index (χ1n) is 7.68. The van der Waals surface area contributed by atoms with Gasteiger partial charge in [0.25, 0.3) is 0 Å². The van der Waals surface area contributed by atoms with Crippen LogP contribution in [-0.2, 0) is 4.79 Å². The van der Waals surface area contributed by atoms with Gasteiger partial charge in [0.05, 0.1) is 6.54 Å². The summed E-state index contributed by atoms with van der Waals surface area (Å²) in [6, 6.07) is 0.993. The monoisotopic (exact) mass is 268 g/mol. The molecule has 1 saturated heterocycles. The Morgan fingerprint density at radius 2 is 2.00 bits per heavy atom. The fourth-order valence-electron chi connectivity index (χ4n) is 2.77. The average molecular weight is 268 g/mol. The lowest BCUT2D eigenvalue weighted by Crippen LogP contribution is -2.54. The highest BCUT2D eigenvalue weighted by atomic mass is 16.2. The average Bonchev–Trinajstić information content (AvgIpc) is 3.21. The summed E-state index contributed by atoms with van der Waals surface area (Å²) in [4.78, 5) is 16.5. The van der Waals surface area contributed by atoms with E-state index in [9.17, 15) is 4.79 Å². The summed E-state index contributed by atoms with van der Waals surface area (Å²) in [7, 11) is 0. The SMILES string of the molecule is CCCC(CN)N1CCN(CC(=O)NC2CC2)CC1. The zero-order valence-corrected chi connectivity index (χ0v) is 12.1. The Labute approximate surface area is 116 Å².